The summed E-state index contributed by atoms with van der Waals surface area (Å²) in [5, 5.41) is 1.72. The summed E-state index contributed by atoms with van der Waals surface area (Å²) in [6.07, 6.45) is 0.706. The molecule has 1 atom stereocenters. The van der Waals surface area contributed by atoms with Crippen LogP contribution in [0.2, 0.25) is 5.02 Å². The van der Waals surface area contributed by atoms with Crippen LogP contribution in [-0.4, -0.2) is 47.3 Å². The molecule has 136 valence electrons. The van der Waals surface area contributed by atoms with E-state index in [4.69, 9.17) is 21.3 Å². The Morgan fingerprint density at radius 1 is 1.40 bits per heavy atom. The fourth-order valence-corrected chi connectivity index (χ4v) is 4.30. The number of fused-ring (bicyclic) bond motifs is 1. The highest BCUT2D eigenvalue weighted by Crippen LogP contribution is 2.33. The third kappa shape index (κ3) is 4.18. The summed E-state index contributed by atoms with van der Waals surface area (Å²) in [6, 6.07) is 6.01. The standard InChI is InChI=1S/C18H24ClN3O2S/c1-5-13-11-21(17(23)24-18(2,3)4)8-9-22(13)16-20-14-7-6-12(19)10-15(14)25-16/h6-7,10,13H,5,8-9,11H2,1-4H3/t13-/m0/s1. The zero-order chi connectivity index (χ0) is 18.2. The Kier molecular flexibility index (Phi) is 5.11. The molecule has 1 aliphatic heterocycles. The summed E-state index contributed by atoms with van der Waals surface area (Å²) in [4.78, 5) is 21.2. The maximum atomic E-state index is 12.4. The van der Waals surface area contributed by atoms with Crippen LogP contribution in [0.1, 0.15) is 34.1 Å². The minimum absolute atomic E-state index is 0.234. The lowest BCUT2D eigenvalue weighted by Gasteiger charge is -2.41. The second kappa shape index (κ2) is 7.00. The van der Waals surface area contributed by atoms with Crippen molar-refractivity contribution in [1.29, 1.82) is 0 Å². The molecule has 3 rings (SSSR count). The first-order valence-electron chi connectivity index (χ1n) is 8.57. The fraction of sp³-hybridized carbons (Fsp3) is 0.556. The number of ether oxygens (including phenoxy) is 1. The van der Waals surface area contributed by atoms with Crippen LogP contribution in [0.25, 0.3) is 10.2 Å². The molecule has 1 aromatic heterocycles. The van der Waals surface area contributed by atoms with Gasteiger partial charge in [0.25, 0.3) is 0 Å². The van der Waals surface area contributed by atoms with E-state index >= 15 is 0 Å². The largest absolute Gasteiger partial charge is 0.444 e. The number of benzene rings is 1. The second-order valence-corrected chi connectivity index (χ2v) is 8.74. The molecule has 25 heavy (non-hydrogen) atoms. The molecule has 1 fully saturated rings. The molecule has 1 aliphatic rings. The topological polar surface area (TPSA) is 45.7 Å². The van der Waals surface area contributed by atoms with Crippen LogP contribution in [0.3, 0.4) is 0 Å². The van der Waals surface area contributed by atoms with Gasteiger partial charge >= 0.3 is 6.09 Å². The van der Waals surface area contributed by atoms with Gasteiger partial charge < -0.3 is 14.5 Å². The Balaban J connectivity index is 1.76. The lowest BCUT2D eigenvalue weighted by atomic mass is 10.1. The molecule has 5 nitrogen and oxygen atoms in total. The maximum Gasteiger partial charge on any atom is 0.410 e. The van der Waals surface area contributed by atoms with Crippen molar-refractivity contribution >= 4 is 44.4 Å². The van der Waals surface area contributed by atoms with Crippen molar-refractivity contribution in [2.75, 3.05) is 24.5 Å². The Morgan fingerprint density at radius 3 is 2.84 bits per heavy atom. The molecule has 1 amide bonds. The van der Waals surface area contributed by atoms with E-state index < -0.39 is 5.60 Å². The van der Waals surface area contributed by atoms with Gasteiger partial charge in [-0.25, -0.2) is 9.78 Å². The van der Waals surface area contributed by atoms with Gasteiger partial charge in [-0.2, -0.15) is 0 Å². The van der Waals surface area contributed by atoms with Gasteiger partial charge in [0.1, 0.15) is 5.60 Å². The number of hydrogen-bond donors (Lipinski definition) is 0. The summed E-state index contributed by atoms with van der Waals surface area (Å²) < 4.78 is 6.60. The van der Waals surface area contributed by atoms with Crippen LogP contribution in [-0.2, 0) is 4.74 Å². The number of piperazine rings is 1. The van der Waals surface area contributed by atoms with Crippen molar-refractivity contribution in [3.8, 4) is 0 Å². The molecule has 0 unspecified atom stereocenters. The quantitative estimate of drug-likeness (QED) is 0.750. The molecule has 2 aromatic rings. The Hall–Kier alpha value is -1.53. The summed E-state index contributed by atoms with van der Waals surface area (Å²) in [5.74, 6) is 0. The number of aromatic nitrogens is 1. The number of carbonyl (C=O) groups excluding carboxylic acids is 1. The average molecular weight is 382 g/mol. The summed E-state index contributed by atoms with van der Waals surface area (Å²) in [5.41, 5.74) is 0.496. The SMILES string of the molecule is CC[C@H]1CN(C(=O)OC(C)(C)C)CCN1c1nc2ccc(Cl)cc2s1. The normalized spacial score (nSPS) is 18.7. The summed E-state index contributed by atoms with van der Waals surface area (Å²) in [6.45, 7) is 9.87. The molecule has 0 spiro atoms. The van der Waals surface area contributed by atoms with E-state index in [-0.39, 0.29) is 12.1 Å². The molecular weight excluding hydrogens is 358 g/mol. The van der Waals surface area contributed by atoms with Crippen LogP contribution in [0, 0.1) is 0 Å². The van der Waals surface area contributed by atoms with Crippen LogP contribution >= 0.6 is 22.9 Å². The summed E-state index contributed by atoms with van der Waals surface area (Å²) in [7, 11) is 0. The number of amides is 1. The molecule has 1 saturated heterocycles. The highest BCUT2D eigenvalue weighted by molar-refractivity contribution is 7.22. The van der Waals surface area contributed by atoms with Gasteiger partial charge in [0.2, 0.25) is 0 Å². The number of halogens is 1. The van der Waals surface area contributed by atoms with Gasteiger partial charge in [0.05, 0.1) is 10.2 Å². The number of thiazole rings is 1. The minimum Gasteiger partial charge on any atom is -0.444 e. The van der Waals surface area contributed by atoms with Crippen molar-refractivity contribution < 1.29 is 9.53 Å². The van der Waals surface area contributed by atoms with Crippen LogP contribution < -0.4 is 4.90 Å². The first kappa shape index (κ1) is 18.3. The van der Waals surface area contributed by atoms with E-state index in [0.717, 1.165) is 33.3 Å². The van der Waals surface area contributed by atoms with E-state index in [0.29, 0.717) is 13.1 Å². The number of carbonyl (C=O) groups is 1. The van der Waals surface area contributed by atoms with E-state index in [9.17, 15) is 4.79 Å². The van der Waals surface area contributed by atoms with Crippen LogP contribution in [0.4, 0.5) is 9.93 Å². The van der Waals surface area contributed by atoms with Gasteiger partial charge in [-0.05, 0) is 45.4 Å². The minimum atomic E-state index is -0.470. The number of rotatable bonds is 2. The number of anilines is 1. The monoisotopic (exact) mass is 381 g/mol. The highest BCUT2D eigenvalue weighted by Gasteiger charge is 2.32. The first-order valence-corrected chi connectivity index (χ1v) is 9.77. The van der Waals surface area contributed by atoms with Gasteiger partial charge in [-0.3, -0.25) is 0 Å². The van der Waals surface area contributed by atoms with Gasteiger partial charge in [-0.15, -0.1) is 0 Å². The number of nitrogens with zero attached hydrogens (tertiary/aromatic N) is 3. The molecule has 0 radical (unpaired) electrons. The van der Waals surface area contributed by atoms with E-state index in [1.165, 1.54) is 0 Å². The Bertz CT molecular complexity index is 771. The van der Waals surface area contributed by atoms with E-state index in [2.05, 4.69) is 11.8 Å². The Labute approximate surface area is 157 Å². The average Bonchev–Trinajstić information content (AvgIpc) is 2.95. The molecule has 7 heteroatoms. The first-order chi connectivity index (χ1) is 11.8. The molecule has 0 saturated carbocycles. The van der Waals surface area contributed by atoms with Crippen molar-refractivity contribution in [3.63, 3.8) is 0 Å². The fourth-order valence-electron chi connectivity index (χ4n) is 2.96. The molecule has 0 bridgehead atoms. The van der Waals surface area contributed by atoms with Gasteiger partial charge in [0.15, 0.2) is 5.13 Å². The molecule has 0 N–H and O–H groups in total. The summed E-state index contributed by atoms with van der Waals surface area (Å²) >= 11 is 7.74. The molecule has 1 aromatic carbocycles. The lowest BCUT2D eigenvalue weighted by molar-refractivity contribution is 0.0213. The van der Waals surface area contributed by atoms with Crippen molar-refractivity contribution in [3.05, 3.63) is 23.2 Å². The molecule has 0 aliphatic carbocycles. The van der Waals surface area contributed by atoms with Gasteiger partial charge in [-0.1, -0.05) is 29.9 Å². The van der Waals surface area contributed by atoms with Crippen molar-refractivity contribution in [1.82, 2.24) is 9.88 Å². The molecular formula is C18H24ClN3O2S. The predicted molar refractivity (Wildman–Crippen MR) is 104 cm³/mol. The third-order valence-electron chi connectivity index (χ3n) is 4.19. The van der Waals surface area contributed by atoms with Crippen LogP contribution in [0.5, 0.6) is 0 Å². The van der Waals surface area contributed by atoms with E-state index in [1.807, 2.05) is 39.0 Å². The van der Waals surface area contributed by atoms with E-state index in [1.54, 1.807) is 16.2 Å². The Morgan fingerprint density at radius 2 is 2.16 bits per heavy atom. The molecule has 2 heterocycles. The smallest absolute Gasteiger partial charge is 0.410 e. The maximum absolute atomic E-state index is 12.4. The van der Waals surface area contributed by atoms with Gasteiger partial charge in [0, 0.05) is 30.7 Å². The zero-order valence-corrected chi connectivity index (χ0v) is 16.7. The number of hydrogen-bond acceptors (Lipinski definition) is 5. The zero-order valence-electron chi connectivity index (χ0n) is 15.1. The van der Waals surface area contributed by atoms with Crippen molar-refractivity contribution in [2.24, 2.45) is 0 Å². The third-order valence-corrected chi connectivity index (χ3v) is 5.48. The van der Waals surface area contributed by atoms with Crippen LogP contribution in [0.15, 0.2) is 18.2 Å². The van der Waals surface area contributed by atoms with Crippen molar-refractivity contribution in [2.45, 2.75) is 45.8 Å². The highest BCUT2D eigenvalue weighted by atomic mass is 35.5. The second-order valence-electron chi connectivity index (χ2n) is 7.29. The lowest BCUT2D eigenvalue weighted by Crippen LogP contribution is -2.55. The predicted octanol–water partition coefficient (Wildman–Crippen LogP) is 4.79.